The van der Waals surface area contributed by atoms with Crippen LogP contribution < -0.4 is 0 Å². The topological polar surface area (TPSA) is 227 Å². The van der Waals surface area contributed by atoms with E-state index in [0.717, 1.165) is 10.8 Å². The first kappa shape index (κ1) is 23.0. The molecule has 7 atom stereocenters. The summed E-state index contributed by atoms with van der Waals surface area (Å²) in [5, 5.41) is 68.3. The number of aliphatic hydroxyl groups is 5. The Labute approximate surface area is 162 Å². The standard InChI is InChI=1S/C14H21N3O12/c18-3-6(27-5-16-2-1-15-14(16)17(25)26)7(4-19)28-13-10(22)8(20)9(21)11(29-13)12(23)24/h1-2,6-11,13,18-22H,3-5H2,(H,23,24)/t6-,7+,8+,9+,10-,11+,13-/m1/s1. The van der Waals surface area contributed by atoms with Crippen molar-refractivity contribution in [3.05, 3.63) is 22.5 Å². The normalized spacial score (nSPS) is 29.3. The van der Waals surface area contributed by atoms with Gasteiger partial charge in [0, 0.05) is 0 Å². The van der Waals surface area contributed by atoms with Crippen LogP contribution in [0.5, 0.6) is 0 Å². The summed E-state index contributed by atoms with van der Waals surface area (Å²) in [6.45, 7) is -1.97. The van der Waals surface area contributed by atoms with Crippen LogP contribution >= 0.6 is 0 Å². The molecule has 0 aromatic carbocycles. The van der Waals surface area contributed by atoms with Gasteiger partial charge in [-0.1, -0.05) is 4.98 Å². The van der Waals surface area contributed by atoms with Gasteiger partial charge in [-0.15, -0.1) is 0 Å². The Bertz CT molecular complexity index is 699. The summed E-state index contributed by atoms with van der Waals surface area (Å²) in [6.07, 6.45) is -9.71. The lowest BCUT2D eigenvalue weighted by Crippen LogP contribution is -2.61. The van der Waals surface area contributed by atoms with Crippen molar-refractivity contribution in [2.24, 2.45) is 0 Å². The summed E-state index contributed by atoms with van der Waals surface area (Å²) in [5.74, 6) is -2.16. The number of aliphatic carboxylic acids is 1. The predicted octanol–water partition coefficient (Wildman–Crippen LogP) is -3.60. The number of ether oxygens (including phenoxy) is 3. The SMILES string of the molecule is O=C(O)[C@H]1O[C@@H](O[C@@H](CO)[C@@H](CO)OCn2ccnc2[N+](=O)[O-])[C@H](O)[C@@H](O)[C@@H]1O. The molecule has 2 heterocycles. The maximum Gasteiger partial charge on any atom is 0.436 e. The molecular weight excluding hydrogens is 402 g/mol. The van der Waals surface area contributed by atoms with E-state index in [9.17, 15) is 40.4 Å². The molecule has 1 aliphatic rings. The second-order valence-corrected chi connectivity index (χ2v) is 6.06. The number of nitro groups is 1. The Morgan fingerprint density at radius 2 is 1.90 bits per heavy atom. The third-order valence-electron chi connectivity index (χ3n) is 4.18. The smallest absolute Gasteiger partial charge is 0.436 e. The number of hydrogen-bond acceptors (Lipinski definition) is 12. The molecule has 1 fully saturated rings. The van der Waals surface area contributed by atoms with Crippen molar-refractivity contribution in [3.8, 4) is 0 Å². The number of aliphatic hydroxyl groups excluding tert-OH is 5. The summed E-state index contributed by atoms with van der Waals surface area (Å²) < 4.78 is 16.5. The van der Waals surface area contributed by atoms with Crippen molar-refractivity contribution >= 4 is 11.9 Å². The largest absolute Gasteiger partial charge is 0.479 e. The van der Waals surface area contributed by atoms with E-state index in [1.807, 2.05) is 0 Å². The van der Waals surface area contributed by atoms with Crippen molar-refractivity contribution < 1.29 is 54.6 Å². The van der Waals surface area contributed by atoms with E-state index < -0.39 is 79.7 Å². The number of imidazole rings is 1. The van der Waals surface area contributed by atoms with E-state index in [1.165, 1.54) is 6.20 Å². The van der Waals surface area contributed by atoms with Gasteiger partial charge in [0.15, 0.2) is 19.1 Å². The molecule has 1 saturated heterocycles. The third kappa shape index (κ3) is 5.22. The highest BCUT2D eigenvalue weighted by Gasteiger charge is 2.48. The Morgan fingerprint density at radius 1 is 1.24 bits per heavy atom. The van der Waals surface area contributed by atoms with E-state index in [0.29, 0.717) is 0 Å². The van der Waals surface area contributed by atoms with Gasteiger partial charge >= 0.3 is 11.9 Å². The van der Waals surface area contributed by atoms with Crippen molar-refractivity contribution in [2.45, 2.75) is 49.6 Å². The van der Waals surface area contributed by atoms with Gasteiger partial charge in [-0.2, -0.15) is 0 Å². The van der Waals surface area contributed by atoms with Crippen molar-refractivity contribution in [2.75, 3.05) is 13.2 Å². The molecule has 0 spiro atoms. The number of nitrogens with zero attached hydrogens (tertiary/aromatic N) is 3. The molecule has 1 aromatic heterocycles. The summed E-state index contributed by atoms with van der Waals surface area (Å²) >= 11 is 0. The Morgan fingerprint density at radius 3 is 2.45 bits per heavy atom. The minimum atomic E-state index is -1.93. The zero-order chi connectivity index (χ0) is 21.7. The molecule has 0 unspecified atom stereocenters. The number of carboxylic acids is 1. The van der Waals surface area contributed by atoms with Gasteiger partial charge in [-0.05, 0) is 4.92 Å². The van der Waals surface area contributed by atoms with E-state index in [2.05, 4.69) is 4.98 Å². The highest BCUT2D eigenvalue weighted by Crippen LogP contribution is 2.24. The van der Waals surface area contributed by atoms with Crippen LogP contribution in [0.4, 0.5) is 5.95 Å². The van der Waals surface area contributed by atoms with Crippen molar-refractivity contribution in [3.63, 3.8) is 0 Å². The van der Waals surface area contributed by atoms with Crippen molar-refractivity contribution in [1.29, 1.82) is 0 Å². The average molecular weight is 423 g/mol. The first-order chi connectivity index (χ1) is 13.7. The van der Waals surface area contributed by atoms with Crippen LogP contribution in [0.25, 0.3) is 0 Å². The molecule has 29 heavy (non-hydrogen) atoms. The lowest BCUT2D eigenvalue weighted by atomic mass is 9.99. The highest BCUT2D eigenvalue weighted by atomic mass is 16.7. The van der Waals surface area contributed by atoms with Crippen molar-refractivity contribution in [1.82, 2.24) is 9.55 Å². The molecule has 0 saturated carbocycles. The number of carboxylic acid groups (broad SMARTS) is 1. The highest BCUT2D eigenvalue weighted by molar-refractivity contribution is 5.73. The Hall–Kier alpha value is -2.24. The molecule has 0 bridgehead atoms. The van der Waals surface area contributed by atoms with Crippen LogP contribution in [-0.4, -0.2) is 107 Å². The monoisotopic (exact) mass is 423 g/mol. The summed E-state index contributed by atoms with van der Waals surface area (Å²) in [5.41, 5.74) is 0. The minimum Gasteiger partial charge on any atom is -0.479 e. The van der Waals surface area contributed by atoms with Crippen LogP contribution in [0.1, 0.15) is 0 Å². The van der Waals surface area contributed by atoms with Crippen LogP contribution in [0.15, 0.2) is 12.4 Å². The molecule has 164 valence electrons. The second kappa shape index (κ2) is 9.99. The number of aromatic nitrogens is 2. The third-order valence-corrected chi connectivity index (χ3v) is 4.18. The minimum absolute atomic E-state index is 0.450. The molecule has 0 radical (unpaired) electrons. The van der Waals surface area contributed by atoms with Gasteiger partial charge in [0.25, 0.3) is 0 Å². The molecule has 6 N–H and O–H groups in total. The summed E-state index contributed by atoms with van der Waals surface area (Å²) in [6, 6.07) is 0. The van der Waals surface area contributed by atoms with Crippen LogP contribution in [0, 0.1) is 10.1 Å². The Kier molecular flexibility index (Phi) is 7.94. The zero-order valence-corrected chi connectivity index (χ0v) is 14.8. The molecular formula is C14H21N3O12. The lowest BCUT2D eigenvalue weighted by molar-refractivity contribution is -0.398. The van der Waals surface area contributed by atoms with Crippen LogP contribution in [0.3, 0.4) is 0 Å². The first-order valence-corrected chi connectivity index (χ1v) is 8.28. The van der Waals surface area contributed by atoms with Gasteiger partial charge in [0.05, 0.1) is 13.2 Å². The van der Waals surface area contributed by atoms with Gasteiger partial charge in [0.2, 0.25) is 0 Å². The Balaban J connectivity index is 2.06. The summed E-state index contributed by atoms with van der Waals surface area (Å²) in [7, 11) is 0. The lowest BCUT2D eigenvalue weighted by Gasteiger charge is -2.40. The van der Waals surface area contributed by atoms with E-state index in [1.54, 1.807) is 0 Å². The van der Waals surface area contributed by atoms with Crippen LogP contribution in [0.2, 0.25) is 0 Å². The molecule has 15 heteroatoms. The quantitative estimate of drug-likeness (QED) is 0.158. The fraction of sp³-hybridized carbons (Fsp3) is 0.714. The number of rotatable bonds is 10. The molecule has 0 aliphatic carbocycles. The predicted molar refractivity (Wildman–Crippen MR) is 87.1 cm³/mol. The summed E-state index contributed by atoms with van der Waals surface area (Å²) in [4.78, 5) is 24.7. The number of hydrogen-bond donors (Lipinski definition) is 6. The fourth-order valence-corrected chi connectivity index (χ4v) is 2.61. The van der Waals surface area contributed by atoms with Gasteiger partial charge < -0.3 is 55.0 Å². The fourth-order valence-electron chi connectivity index (χ4n) is 2.61. The van der Waals surface area contributed by atoms with E-state index in [4.69, 9.17) is 19.3 Å². The van der Waals surface area contributed by atoms with Gasteiger partial charge in [-0.25, -0.2) is 9.36 Å². The number of carbonyl (C=O) groups is 1. The second-order valence-electron chi connectivity index (χ2n) is 6.06. The maximum atomic E-state index is 11.1. The van der Waals surface area contributed by atoms with Crippen LogP contribution in [-0.2, 0) is 25.7 Å². The van der Waals surface area contributed by atoms with Gasteiger partial charge in [0.1, 0.15) is 42.9 Å². The molecule has 2 rings (SSSR count). The van der Waals surface area contributed by atoms with E-state index >= 15 is 0 Å². The molecule has 1 aliphatic heterocycles. The maximum absolute atomic E-state index is 11.1. The first-order valence-electron chi connectivity index (χ1n) is 8.28. The molecule has 0 amide bonds. The zero-order valence-electron chi connectivity index (χ0n) is 14.8. The van der Waals surface area contributed by atoms with E-state index in [-0.39, 0.29) is 0 Å². The molecule has 1 aromatic rings. The molecule has 15 nitrogen and oxygen atoms in total. The van der Waals surface area contributed by atoms with Gasteiger partial charge in [-0.3, -0.25) is 0 Å². The average Bonchev–Trinajstić information content (AvgIpc) is 3.16.